The Morgan fingerprint density at radius 1 is 1.38 bits per heavy atom. The summed E-state index contributed by atoms with van der Waals surface area (Å²) in [4.78, 5) is 19.6. The molecule has 1 aromatic carbocycles. The van der Waals surface area contributed by atoms with Crippen molar-refractivity contribution in [2.24, 2.45) is 5.73 Å². The second kappa shape index (κ2) is 5.82. The lowest BCUT2D eigenvalue weighted by Crippen LogP contribution is -2.37. The first-order valence-corrected chi connectivity index (χ1v) is 4.47. The Morgan fingerprint density at radius 3 is 1.94 bits per heavy atom. The van der Waals surface area contributed by atoms with Crippen molar-refractivity contribution in [2.45, 2.75) is 19.4 Å². The number of primary amides is 1. The van der Waals surface area contributed by atoms with Crippen LogP contribution in [-0.4, -0.2) is 21.5 Å². The number of nitro groups is 1. The number of aliphatic hydroxyl groups is 1. The second-order valence-corrected chi connectivity index (χ2v) is 3.52. The SMILES string of the molecule is CC(C)(O)C(N)=O.O=[N+]([O-])c1ccccc1. The number of non-ortho nitro benzene ring substituents is 1. The fraction of sp³-hybridized carbons (Fsp3) is 0.300. The minimum absolute atomic E-state index is 0.137. The van der Waals surface area contributed by atoms with Crippen LogP contribution in [0.2, 0.25) is 0 Å². The van der Waals surface area contributed by atoms with Crippen LogP contribution in [0.4, 0.5) is 5.69 Å². The molecule has 0 saturated heterocycles. The molecule has 0 aliphatic heterocycles. The second-order valence-electron chi connectivity index (χ2n) is 3.52. The Balaban J connectivity index is 0.000000293. The molecule has 0 bridgehead atoms. The predicted octanol–water partition coefficient (Wildman–Crippen LogP) is 0.837. The molecule has 1 rings (SSSR count). The van der Waals surface area contributed by atoms with Gasteiger partial charge in [-0.3, -0.25) is 14.9 Å². The van der Waals surface area contributed by atoms with Gasteiger partial charge in [0.15, 0.2) is 0 Å². The zero-order valence-electron chi connectivity index (χ0n) is 9.08. The summed E-state index contributed by atoms with van der Waals surface area (Å²) >= 11 is 0. The van der Waals surface area contributed by atoms with Crippen molar-refractivity contribution >= 4 is 11.6 Å². The first-order chi connectivity index (χ1) is 7.25. The summed E-state index contributed by atoms with van der Waals surface area (Å²) < 4.78 is 0. The highest BCUT2D eigenvalue weighted by Gasteiger charge is 2.18. The van der Waals surface area contributed by atoms with Gasteiger partial charge in [0.05, 0.1) is 4.92 Å². The molecule has 0 radical (unpaired) electrons. The molecule has 0 unspecified atom stereocenters. The van der Waals surface area contributed by atoms with Crippen LogP contribution in [0.25, 0.3) is 0 Å². The van der Waals surface area contributed by atoms with Gasteiger partial charge in [-0.15, -0.1) is 0 Å². The summed E-state index contributed by atoms with van der Waals surface area (Å²) in [6.45, 7) is 2.69. The Hall–Kier alpha value is -1.95. The summed E-state index contributed by atoms with van der Waals surface area (Å²) in [6, 6.07) is 7.93. The van der Waals surface area contributed by atoms with E-state index in [9.17, 15) is 14.9 Å². The van der Waals surface area contributed by atoms with E-state index in [1.165, 1.54) is 26.0 Å². The number of amides is 1. The number of para-hydroxylation sites is 1. The third-order valence-electron chi connectivity index (χ3n) is 1.57. The van der Waals surface area contributed by atoms with Gasteiger partial charge in [-0.2, -0.15) is 0 Å². The maximum atomic E-state index is 10.0. The van der Waals surface area contributed by atoms with Gasteiger partial charge in [-0.05, 0) is 13.8 Å². The molecule has 0 aromatic heterocycles. The van der Waals surface area contributed by atoms with Crippen molar-refractivity contribution < 1.29 is 14.8 Å². The highest BCUT2D eigenvalue weighted by atomic mass is 16.6. The number of nitro benzene ring substituents is 1. The van der Waals surface area contributed by atoms with Crippen LogP contribution in [-0.2, 0) is 4.79 Å². The Kier molecular flexibility index (Phi) is 5.11. The zero-order valence-corrected chi connectivity index (χ0v) is 9.08. The van der Waals surface area contributed by atoms with E-state index in [2.05, 4.69) is 5.73 Å². The molecule has 0 fully saturated rings. The standard InChI is InChI=1S/C6H5NO2.C4H9NO2/c8-7(9)6-4-2-1-3-5-6;1-4(2,7)3(5)6/h1-5H;7H,1-2H3,(H2,5,6). The molecular formula is C10H14N2O4. The van der Waals surface area contributed by atoms with Crippen molar-refractivity contribution in [3.05, 3.63) is 40.4 Å². The van der Waals surface area contributed by atoms with Gasteiger partial charge in [-0.1, -0.05) is 18.2 Å². The van der Waals surface area contributed by atoms with E-state index in [4.69, 9.17) is 5.11 Å². The molecule has 0 saturated carbocycles. The molecule has 88 valence electrons. The monoisotopic (exact) mass is 226 g/mol. The molecule has 0 aliphatic carbocycles. The first-order valence-electron chi connectivity index (χ1n) is 4.47. The van der Waals surface area contributed by atoms with Crippen LogP contribution in [0.15, 0.2) is 30.3 Å². The molecule has 0 atom stereocenters. The third kappa shape index (κ3) is 5.71. The van der Waals surface area contributed by atoms with Gasteiger partial charge in [-0.25, -0.2) is 0 Å². The Bertz CT molecular complexity index is 357. The zero-order chi connectivity index (χ0) is 12.8. The van der Waals surface area contributed by atoms with Gasteiger partial charge in [0, 0.05) is 12.1 Å². The maximum Gasteiger partial charge on any atom is 0.269 e. The highest BCUT2D eigenvalue weighted by Crippen LogP contribution is 2.06. The fourth-order valence-electron chi connectivity index (χ4n) is 0.550. The molecule has 6 heteroatoms. The van der Waals surface area contributed by atoms with Crippen LogP contribution >= 0.6 is 0 Å². The van der Waals surface area contributed by atoms with E-state index in [0.29, 0.717) is 0 Å². The van der Waals surface area contributed by atoms with Gasteiger partial charge >= 0.3 is 0 Å². The molecule has 1 amide bonds. The molecule has 0 aliphatic rings. The van der Waals surface area contributed by atoms with Gasteiger partial charge in [0.25, 0.3) is 5.69 Å². The summed E-state index contributed by atoms with van der Waals surface area (Å²) in [5, 5.41) is 18.6. The number of nitrogens with two attached hydrogens (primary N) is 1. The lowest BCUT2D eigenvalue weighted by molar-refractivity contribution is -0.384. The van der Waals surface area contributed by atoms with Gasteiger partial charge in [0.1, 0.15) is 5.60 Å². The van der Waals surface area contributed by atoms with Crippen molar-refractivity contribution in [1.29, 1.82) is 0 Å². The van der Waals surface area contributed by atoms with Crippen LogP contribution in [0.1, 0.15) is 13.8 Å². The topological polar surface area (TPSA) is 106 Å². The van der Waals surface area contributed by atoms with Crippen molar-refractivity contribution in [1.82, 2.24) is 0 Å². The summed E-state index contributed by atoms with van der Waals surface area (Å²) in [6.07, 6.45) is 0. The molecule has 16 heavy (non-hydrogen) atoms. The average Bonchev–Trinajstić information content (AvgIpc) is 2.18. The van der Waals surface area contributed by atoms with Gasteiger partial charge in [0.2, 0.25) is 5.91 Å². The van der Waals surface area contributed by atoms with E-state index in [0.717, 1.165) is 0 Å². The number of benzene rings is 1. The number of carbonyl (C=O) groups is 1. The lowest BCUT2D eigenvalue weighted by Gasteiger charge is -2.09. The van der Waals surface area contributed by atoms with E-state index in [1.54, 1.807) is 18.2 Å². The number of carbonyl (C=O) groups excluding carboxylic acids is 1. The van der Waals surface area contributed by atoms with Crippen LogP contribution in [0.5, 0.6) is 0 Å². The molecular weight excluding hydrogens is 212 g/mol. The van der Waals surface area contributed by atoms with Crippen LogP contribution in [0, 0.1) is 10.1 Å². The molecule has 1 aromatic rings. The number of hydrogen-bond acceptors (Lipinski definition) is 4. The molecule has 0 heterocycles. The maximum absolute atomic E-state index is 10.0. The number of hydrogen-bond donors (Lipinski definition) is 2. The lowest BCUT2D eigenvalue weighted by atomic mass is 10.1. The largest absolute Gasteiger partial charge is 0.381 e. The Morgan fingerprint density at radius 2 is 1.75 bits per heavy atom. The number of rotatable bonds is 2. The summed E-state index contributed by atoms with van der Waals surface area (Å²) in [7, 11) is 0. The van der Waals surface area contributed by atoms with Crippen LogP contribution < -0.4 is 5.73 Å². The molecule has 6 nitrogen and oxygen atoms in total. The van der Waals surface area contributed by atoms with E-state index in [1.807, 2.05) is 0 Å². The summed E-state index contributed by atoms with van der Waals surface area (Å²) in [5.74, 6) is -0.701. The highest BCUT2D eigenvalue weighted by molar-refractivity contribution is 5.81. The van der Waals surface area contributed by atoms with Crippen molar-refractivity contribution in [3.8, 4) is 0 Å². The third-order valence-corrected chi connectivity index (χ3v) is 1.57. The fourth-order valence-corrected chi connectivity index (χ4v) is 0.550. The normalized spacial score (nSPS) is 9.94. The van der Waals surface area contributed by atoms with Crippen molar-refractivity contribution in [3.63, 3.8) is 0 Å². The quantitative estimate of drug-likeness (QED) is 0.575. The summed E-state index contributed by atoms with van der Waals surface area (Å²) in [5.41, 5.74) is 3.46. The smallest absolute Gasteiger partial charge is 0.269 e. The minimum Gasteiger partial charge on any atom is -0.381 e. The van der Waals surface area contributed by atoms with E-state index in [-0.39, 0.29) is 5.69 Å². The molecule has 0 spiro atoms. The van der Waals surface area contributed by atoms with Crippen LogP contribution in [0.3, 0.4) is 0 Å². The van der Waals surface area contributed by atoms with Crippen molar-refractivity contribution in [2.75, 3.05) is 0 Å². The first kappa shape index (κ1) is 14.1. The average molecular weight is 226 g/mol. The molecule has 3 N–H and O–H groups in total. The van der Waals surface area contributed by atoms with Gasteiger partial charge < -0.3 is 10.8 Å². The number of nitrogens with zero attached hydrogens (tertiary/aromatic N) is 1. The Labute approximate surface area is 92.8 Å². The minimum atomic E-state index is -1.36. The van der Waals surface area contributed by atoms with E-state index < -0.39 is 16.4 Å². The van der Waals surface area contributed by atoms with E-state index >= 15 is 0 Å². The predicted molar refractivity (Wildman–Crippen MR) is 58.6 cm³/mol.